The molecule has 0 aromatic heterocycles. The van der Waals surface area contributed by atoms with Gasteiger partial charge < -0.3 is 10.6 Å². The lowest BCUT2D eigenvalue weighted by atomic mass is 10.1. The monoisotopic (exact) mass is 228 g/mol. The Labute approximate surface area is 101 Å². The van der Waals surface area contributed by atoms with Crippen molar-refractivity contribution in [2.75, 3.05) is 0 Å². The van der Waals surface area contributed by atoms with Crippen LogP contribution in [0.1, 0.15) is 19.3 Å². The number of hydrogen-bond acceptors (Lipinski definition) is 1. The average Bonchev–Trinajstić information content (AvgIpc) is 2.59. The summed E-state index contributed by atoms with van der Waals surface area (Å²) in [5.74, 6) is 0. The summed E-state index contributed by atoms with van der Waals surface area (Å²) in [6.07, 6.45) is 18.7. The van der Waals surface area contributed by atoms with E-state index >= 15 is 0 Å². The first kappa shape index (κ1) is 11.5. The second-order valence-corrected chi connectivity index (χ2v) is 3.91. The highest BCUT2D eigenvalue weighted by molar-refractivity contribution is 5.78. The van der Waals surface area contributed by atoms with Gasteiger partial charge in [0.2, 0.25) is 0 Å². The van der Waals surface area contributed by atoms with Crippen LogP contribution in [0.3, 0.4) is 0 Å². The third kappa shape index (κ3) is 3.79. The summed E-state index contributed by atoms with van der Waals surface area (Å²) in [5.41, 5.74) is 1.67. The molecule has 2 amide bonds. The van der Waals surface area contributed by atoms with E-state index in [1.165, 1.54) is 0 Å². The van der Waals surface area contributed by atoms with E-state index in [1.54, 1.807) is 0 Å². The molecule has 17 heavy (non-hydrogen) atoms. The van der Waals surface area contributed by atoms with Gasteiger partial charge in [-0.1, -0.05) is 30.4 Å². The first-order chi connectivity index (χ1) is 8.34. The topological polar surface area (TPSA) is 41.1 Å². The Bertz CT molecular complexity index is 439. The van der Waals surface area contributed by atoms with E-state index in [0.717, 1.165) is 30.7 Å². The molecule has 0 heterocycles. The Morgan fingerprint density at radius 1 is 1.00 bits per heavy atom. The maximum absolute atomic E-state index is 11.7. The van der Waals surface area contributed by atoms with Crippen molar-refractivity contribution in [3.05, 3.63) is 60.0 Å². The molecule has 0 radical (unpaired) electrons. The molecular weight excluding hydrogens is 212 g/mol. The van der Waals surface area contributed by atoms with Gasteiger partial charge in [-0.05, 0) is 37.5 Å². The van der Waals surface area contributed by atoms with Crippen LogP contribution in [0.15, 0.2) is 60.0 Å². The van der Waals surface area contributed by atoms with Gasteiger partial charge in [0.1, 0.15) is 0 Å². The lowest BCUT2D eigenvalue weighted by molar-refractivity contribution is 0.246. The fourth-order valence-electron chi connectivity index (χ4n) is 1.66. The Kier molecular flexibility index (Phi) is 3.97. The Hall–Kier alpha value is -2.03. The fraction of sp³-hybridized carbons (Fsp3) is 0.214. The average molecular weight is 228 g/mol. The van der Waals surface area contributed by atoms with Crippen molar-refractivity contribution in [2.45, 2.75) is 19.3 Å². The highest BCUT2D eigenvalue weighted by atomic mass is 16.2. The van der Waals surface area contributed by atoms with Crippen molar-refractivity contribution in [1.82, 2.24) is 10.6 Å². The first-order valence-electron chi connectivity index (χ1n) is 5.83. The molecule has 3 nitrogen and oxygen atoms in total. The molecule has 0 aromatic rings. The lowest BCUT2D eigenvalue weighted by Gasteiger charge is -2.10. The predicted molar refractivity (Wildman–Crippen MR) is 69.1 cm³/mol. The number of allylic oxidation sites excluding steroid dienone is 8. The van der Waals surface area contributed by atoms with Gasteiger partial charge in [0.25, 0.3) is 0 Å². The van der Waals surface area contributed by atoms with Gasteiger partial charge in [-0.15, -0.1) is 0 Å². The van der Waals surface area contributed by atoms with E-state index in [0.29, 0.717) is 0 Å². The third-order valence-corrected chi connectivity index (χ3v) is 2.49. The molecule has 2 rings (SSSR count). The number of nitrogens with one attached hydrogen (secondary N) is 2. The van der Waals surface area contributed by atoms with Crippen LogP contribution < -0.4 is 10.6 Å². The molecule has 3 heteroatoms. The maximum atomic E-state index is 11.7. The molecule has 2 aliphatic carbocycles. The first-order valence-corrected chi connectivity index (χ1v) is 5.83. The maximum Gasteiger partial charge on any atom is 0.323 e. The quantitative estimate of drug-likeness (QED) is 0.749. The highest BCUT2D eigenvalue weighted by Crippen LogP contribution is 2.07. The van der Waals surface area contributed by atoms with Crippen LogP contribution >= 0.6 is 0 Å². The Balaban J connectivity index is 1.88. The number of amides is 2. The zero-order chi connectivity index (χ0) is 11.9. The number of rotatable bonds is 2. The molecule has 0 saturated heterocycles. The molecule has 0 fully saturated rings. The number of carbonyl (C=O) groups is 1. The number of carbonyl (C=O) groups excluding carboxylic acids is 1. The van der Waals surface area contributed by atoms with Crippen LogP contribution in [0.5, 0.6) is 0 Å². The molecule has 0 atom stereocenters. The summed E-state index contributed by atoms with van der Waals surface area (Å²) >= 11 is 0. The van der Waals surface area contributed by atoms with Crippen molar-refractivity contribution in [3.63, 3.8) is 0 Å². The zero-order valence-corrected chi connectivity index (χ0v) is 9.65. The summed E-state index contributed by atoms with van der Waals surface area (Å²) in [7, 11) is 0. The summed E-state index contributed by atoms with van der Waals surface area (Å²) in [6.45, 7) is 0. The Morgan fingerprint density at radius 3 is 2.65 bits per heavy atom. The van der Waals surface area contributed by atoms with Crippen molar-refractivity contribution < 1.29 is 4.79 Å². The second-order valence-electron chi connectivity index (χ2n) is 3.91. The van der Waals surface area contributed by atoms with Gasteiger partial charge in [-0.2, -0.15) is 0 Å². The molecular formula is C14H16N2O. The molecule has 2 aliphatic rings. The van der Waals surface area contributed by atoms with Gasteiger partial charge >= 0.3 is 6.03 Å². The normalized spacial score (nSPS) is 18.1. The summed E-state index contributed by atoms with van der Waals surface area (Å²) in [5, 5.41) is 5.62. The van der Waals surface area contributed by atoms with Crippen LogP contribution in [0.2, 0.25) is 0 Å². The molecule has 0 unspecified atom stereocenters. The molecule has 0 aliphatic heterocycles. The molecule has 0 aromatic carbocycles. The van der Waals surface area contributed by atoms with Crippen molar-refractivity contribution >= 4 is 6.03 Å². The molecule has 88 valence electrons. The Morgan fingerprint density at radius 2 is 1.82 bits per heavy atom. The van der Waals surface area contributed by atoms with Gasteiger partial charge in [0, 0.05) is 11.4 Å². The predicted octanol–water partition coefficient (Wildman–Crippen LogP) is 2.92. The lowest BCUT2D eigenvalue weighted by Crippen LogP contribution is -2.33. The molecule has 0 bridgehead atoms. The highest BCUT2D eigenvalue weighted by Gasteiger charge is 2.04. The largest absolute Gasteiger partial charge is 0.323 e. The van der Waals surface area contributed by atoms with Gasteiger partial charge in [0.15, 0.2) is 0 Å². The summed E-state index contributed by atoms with van der Waals surface area (Å²) in [6, 6.07) is -0.200. The van der Waals surface area contributed by atoms with Gasteiger partial charge in [-0.25, -0.2) is 4.79 Å². The van der Waals surface area contributed by atoms with Crippen LogP contribution in [0.25, 0.3) is 0 Å². The van der Waals surface area contributed by atoms with Gasteiger partial charge in [0.05, 0.1) is 0 Å². The molecule has 2 N–H and O–H groups in total. The summed E-state index contributed by atoms with van der Waals surface area (Å²) in [4.78, 5) is 11.7. The van der Waals surface area contributed by atoms with E-state index in [1.807, 2.05) is 42.5 Å². The minimum atomic E-state index is -0.200. The van der Waals surface area contributed by atoms with Gasteiger partial charge in [-0.3, -0.25) is 0 Å². The van der Waals surface area contributed by atoms with Crippen LogP contribution in [-0.4, -0.2) is 6.03 Å². The molecule has 0 saturated carbocycles. The second kappa shape index (κ2) is 5.89. The van der Waals surface area contributed by atoms with E-state index in [2.05, 4.69) is 16.7 Å². The van der Waals surface area contributed by atoms with Crippen LogP contribution in [0.4, 0.5) is 4.79 Å². The fourth-order valence-corrected chi connectivity index (χ4v) is 1.66. The van der Waals surface area contributed by atoms with E-state index < -0.39 is 0 Å². The van der Waals surface area contributed by atoms with Crippen molar-refractivity contribution in [3.8, 4) is 0 Å². The number of urea groups is 1. The van der Waals surface area contributed by atoms with Crippen LogP contribution in [0, 0.1) is 0 Å². The zero-order valence-electron chi connectivity index (χ0n) is 9.65. The smallest absolute Gasteiger partial charge is 0.308 e. The third-order valence-electron chi connectivity index (χ3n) is 2.49. The SMILES string of the molecule is O=C(NC1=CC=CCC=C1)NC1=CCCC=C1. The van der Waals surface area contributed by atoms with E-state index in [4.69, 9.17) is 0 Å². The van der Waals surface area contributed by atoms with Crippen LogP contribution in [-0.2, 0) is 0 Å². The minimum Gasteiger partial charge on any atom is -0.308 e. The van der Waals surface area contributed by atoms with Crippen molar-refractivity contribution in [2.24, 2.45) is 0 Å². The van der Waals surface area contributed by atoms with E-state index in [-0.39, 0.29) is 6.03 Å². The summed E-state index contributed by atoms with van der Waals surface area (Å²) < 4.78 is 0. The molecule has 0 spiro atoms. The standard InChI is InChI=1S/C14H16N2O/c17-14(16-13-10-6-3-7-11-13)15-12-8-4-1-2-5-9-12/h1,4-6,8-11H,2-3,7H2,(H2,15,16,17). The minimum absolute atomic E-state index is 0.200. The van der Waals surface area contributed by atoms with Crippen molar-refractivity contribution in [1.29, 1.82) is 0 Å². The number of hydrogen-bond donors (Lipinski definition) is 2. The van der Waals surface area contributed by atoms with E-state index in [9.17, 15) is 4.79 Å².